The minimum Gasteiger partial charge on any atom is -0.396 e. The number of halogens is 1. The van der Waals surface area contributed by atoms with Crippen LogP contribution in [0.5, 0.6) is 0 Å². The Hall–Kier alpha value is -0.280. The Morgan fingerprint density at radius 3 is 2.60 bits per heavy atom. The highest BCUT2D eigenvalue weighted by Crippen LogP contribution is 2.17. The van der Waals surface area contributed by atoms with E-state index in [1.165, 1.54) is 0 Å². The Bertz CT molecular complexity index is 183. The minimum absolute atomic E-state index is 0.0309. The molecule has 90 valence electrons. The van der Waals surface area contributed by atoms with Crippen LogP contribution in [0.3, 0.4) is 0 Å². The van der Waals surface area contributed by atoms with Crippen molar-refractivity contribution in [3.63, 3.8) is 0 Å². The fourth-order valence-electron chi connectivity index (χ4n) is 1.20. The van der Waals surface area contributed by atoms with Gasteiger partial charge in [-0.05, 0) is 24.7 Å². The van der Waals surface area contributed by atoms with E-state index in [0.29, 0.717) is 25.3 Å². The molecule has 0 saturated carbocycles. The Morgan fingerprint density at radius 2 is 2.07 bits per heavy atom. The topological polar surface area (TPSA) is 49.3 Å². The van der Waals surface area contributed by atoms with E-state index in [2.05, 4.69) is 5.32 Å². The van der Waals surface area contributed by atoms with E-state index in [9.17, 15) is 4.79 Å². The minimum atomic E-state index is -0.0309. The van der Waals surface area contributed by atoms with Gasteiger partial charge < -0.3 is 10.4 Å². The van der Waals surface area contributed by atoms with Gasteiger partial charge in [-0.3, -0.25) is 4.79 Å². The van der Waals surface area contributed by atoms with Crippen LogP contribution in [-0.2, 0) is 4.79 Å². The smallest absolute Gasteiger partial charge is 0.220 e. The lowest BCUT2D eigenvalue weighted by molar-refractivity contribution is -0.121. The second-order valence-corrected chi connectivity index (χ2v) is 4.94. The van der Waals surface area contributed by atoms with E-state index >= 15 is 0 Å². The highest BCUT2D eigenvalue weighted by atomic mass is 35.5. The number of rotatable bonds is 8. The first kappa shape index (κ1) is 14.7. The van der Waals surface area contributed by atoms with Crippen LogP contribution < -0.4 is 5.32 Å². The molecule has 0 fully saturated rings. The first-order valence-corrected chi connectivity index (χ1v) is 5.99. The van der Waals surface area contributed by atoms with Crippen molar-refractivity contribution in [2.24, 2.45) is 5.41 Å². The highest BCUT2D eigenvalue weighted by molar-refractivity contribution is 6.17. The molecule has 0 radical (unpaired) electrons. The molecule has 0 aliphatic carbocycles. The number of hydrogen-bond acceptors (Lipinski definition) is 2. The third-order valence-corrected chi connectivity index (χ3v) is 2.61. The van der Waals surface area contributed by atoms with Gasteiger partial charge in [0.2, 0.25) is 5.91 Å². The Kier molecular flexibility index (Phi) is 7.79. The van der Waals surface area contributed by atoms with E-state index in [1.807, 2.05) is 13.8 Å². The Balaban J connectivity index is 3.60. The summed E-state index contributed by atoms with van der Waals surface area (Å²) in [6.45, 7) is 4.84. The second kappa shape index (κ2) is 7.94. The first-order chi connectivity index (χ1) is 7.02. The maximum absolute atomic E-state index is 11.4. The molecular formula is C11H22ClNO2. The molecule has 0 saturated heterocycles. The maximum Gasteiger partial charge on any atom is 0.220 e. The van der Waals surface area contributed by atoms with E-state index in [-0.39, 0.29) is 17.9 Å². The summed E-state index contributed by atoms with van der Waals surface area (Å²) in [6, 6.07) is 0. The Labute approximate surface area is 97.2 Å². The fourth-order valence-corrected chi connectivity index (χ4v) is 1.39. The normalized spacial score (nSPS) is 11.5. The number of nitrogens with one attached hydrogen (secondary N) is 1. The van der Waals surface area contributed by atoms with Gasteiger partial charge in [0.25, 0.3) is 0 Å². The van der Waals surface area contributed by atoms with Crippen molar-refractivity contribution < 1.29 is 9.90 Å². The predicted molar refractivity (Wildman–Crippen MR) is 63.1 cm³/mol. The van der Waals surface area contributed by atoms with E-state index < -0.39 is 0 Å². The van der Waals surface area contributed by atoms with Crippen LogP contribution in [-0.4, -0.2) is 30.0 Å². The van der Waals surface area contributed by atoms with Gasteiger partial charge in [0.1, 0.15) is 0 Å². The third kappa shape index (κ3) is 8.70. The predicted octanol–water partition coefficient (Wildman–Crippen LogP) is 1.92. The molecule has 0 spiro atoms. The summed E-state index contributed by atoms with van der Waals surface area (Å²) in [5.41, 5.74) is -0.0309. The SMILES string of the molecule is CC(C)(CCO)CNC(=O)CCCCCl. The summed E-state index contributed by atoms with van der Waals surface area (Å²) in [7, 11) is 0. The summed E-state index contributed by atoms with van der Waals surface area (Å²) in [4.78, 5) is 11.4. The lowest BCUT2D eigenvalue weighted by atomic mass is 9.90. The van der Waals surface area contributed by atoms with Crippen LogP contribution in [0.15, 0.2) is 0 Å². The lowest BCUT2D eigenvalue weighted by Gasteiger charge is -2.23. The van der Waals surface area contributed by atoms with Crippen molar-refractivity contribution in [3.05, 3.63) is 0 Å². The fraction of sp³-hybridized carbons (Fsp3) is 0.909. The average Bonchev–Trinajstić information content (AvgIpc) is 2.15. The number of aliphatic hydroxyl groups excluding tert-OH is 1. The quantitative estimate of drug-likeness (QED) is 0.499. The summed E-state index contributed by atoms with van der Waals surface area (Å²) in [5.74, 6) is 0.689. The van der Waals surface area contributed by atoms with E-state index in [4.69, 9.17) is 16.7 Å². The van der Waals surface area contributed by atoms with Crippen molar-refractivity contribution in [1.82, 2.24) is 5.32 Å². The number of alkyl halides is 1. The molecule has 15 heavy (non-hydrogen) atoms. The van der Waals surface area contributed by atoms with Crippen molar-refractivity contribution in [3.8, 4) is 0 Å². The molecule has 0 unspecified atom stereocenters. The number of carbonyl (C=O) groups is 1. The van der Waals surface area contributed by atoms with E-state index in [0.717, 1.165) is 12.8 Å². The van der Waals surface area contributed by atoms with Crippen LogP contribution in [0.1, 0.15) is 39.5 Å². The largest absolute Gasteiger partial charge is 0.396 e. The van der Waals surface area contributed by atoms with Crippen LogP contribution in [0.25, 0.3) is 0 Å². The van der Waals surface area contributed by atoms with Gasteiger partial charge in [-0.2, -0.15) is 0 Å². The lowest BCUT2D eigenvalue weighted by Crippen LogP contribution is -2.34. The van der Waals surface area contributed by atoms with Crippen LogP contribution >= 0.6 is 11.6 Å². The van der Waals surface area contributed by atoms with Gasteiger partial charge in [-0.1, -0.05) is 13.8 Å². The highest BCUT2D eigenvalue weighted by Gasteiger charge is 2.17. The van der Waals surface area contributed by atoms with Gasteiger partial charge in [0.15, 0.2) is 0 Å². The number of amides is 1. The van der Waals surface area contributed by atoms with Crippen molar-refractivity contribution in [2.45, 2.75) is 39.5 Å². The molecule has 0 aromatic carbocycles. The first-order valence-electron chi connectivity index (χ1n) is 5.45. The molecule has 0 atom stereocenters. The molecule has 0 aromatic heterocycles. The van der Waals surface area contributed by atoms with E-state index in [1.54, 1.807) is 0 Å². The van der Waals surface area contributed by atoms with Gasteiger partial charge in [-0.25, -0.2) is 0 Å². The summed E-state index contributed by atoms with van der Waals surface area (Å²) >= 11 is 5.52. The Morgan fingerprint density at radius 1 is 1.40 bits per heavy atom. The maximum atomic E-state index is 11.4. The molecule has 0 aromatic rings. The molecule has 3 nitrogen and oxygen atoms in total. The zero-order valence-electron chi connectivity index (χ0n) is 9.68. The molecule has 2 N–H and O–H groups in total. The molecule has 0 heterocycles. The molecule has 1 amide bonds. The molecule has 0 rings (SSSR count). The molecule has 4 heteroatoms. The summed E-state index contributed by atoms with van der Waals surface area (Å²) in [6.07, 6.45) is 2.97. The molecular weight excluding hydrogens is 214 g/mol. The standard InChI is InChI=1S/C11H22ClNO2/c1-11(2,6-8-14)9-13-10(15)5-3-4-7-12/h14H,3-9H2,1-2H3,(H,13,15). The van der Waals surface area contributed by atoms with Crippen LogP contribution in [0.2, 0.25) is 0 Å². The van der Waals surface area contributed by atoms with Gasteiger partial charge in [0.05, 0.1) is 0 Å². The van der Waals surface area contributed by atoms with Crippen LogP contribution in [0.4, 0.5) is 0 Å². The van der Waals surface area contributed by atoms with Gasteiger partial charge in [0, 0.05) is 25.5 Å². The molecule has 0 aliphatic rings. The van der Waals surface area contributed by atoms with Crippen molar-refractivity contribution in [2.75, 3.05) is 19.0 Å². The van der Waals surface area contributed by atoms with Gasteiger partial charge >= 0.3 is 0 Å². The summed E-state index contributed by atoms with van der Waals surface area (Å²) < 4.78 is 0. The van der Waals surface area contributed by atoms with Crippen molar-refractivity contribution in [1.29, 1.82) is 0 Å². The van der Waals surface area contributed by atoms with Crippen LogP contribution in [0, 0.1) is 5.41 Å². The number of aliphatic hydroxyl groups is 1. The van der Waals surface area contributed by atoms with Gasteiger partial charge in [-0.15, -0.1) is 11.6 Å². The average molecular weight is 236 g/mol. The third-order valence-electron chi connectivity index (χ3n) is 2.34. The van der Waals surface area contributed by atoms with Crippen molar-refractivity contribution >= 4 is 17.5 Å². The monoisotopic (exact) mass is 235 g/mol. The summed E-state index contributed by atoms with van der Waals surface area (Å²) in [5, 5.41) is 11.7. The number of hydrogen-bond donors (Lipinski definition) is 2. The number of unbranched alkanes of at least 4 members (excludes halogenated alkanes) is 1. The number of carbonyl (C=O) groups excluding carboxylic acids is 1. The second-order valence-electron chi connectivity index (χ2n) is 4.56. The zero-order valence-corrected chi connectivity index (χ0v) is 10.4. The molecule has 0 aliphatic heterocycles. The zero-order chi connectivity index (χ0) is 11.7. The molecule has 0 bridgehead atoms.